The van der Waals surface area contributed by atoms with Gasteiger partial charge in [0, 0.05) is 6.04 Å². The molecule has 1 aliphatic rings. The number of benzene rings is 1. The maximum atomic E-state index is 13.4. The van der Waals surface area contributed by atoms with Gasteiger partial charge in [0.05, 0.1) is 12.0 Å². The molecule has 0 radical (unpaired) electrons. The summed E-state index contributed by atoms with van der Waals surface area (Å²) in [6, 6.07) is 9.49. The number of nitrogens with zero attached hydrogens (tertiary/aromatic N) is 1. The molecule has 0 aromatic heterocycles. The molecule has 0 heterocycles. The minimum atomic E-state index is -0.141. The number of nitriles is 1. The molecule has 1 saturated carbocycles. The fraction of sp³-hybridized carbons (Fsp3) is 0.500. The van der Waals surface area contributed by atoms with Gasteiger partial charge in [-0.25, -0.2) is 4.39 Å². The number of hydrogen-bond donors (Lipinski definition) is 1. The summed E-state index contributed by atoms with van der Waals surface area (Å²) >= 11 is 0. The van der Waals surface area contributed by atoms with E-state index in [2.05, 4.69) is 11.4 Å². The zero-order chi connectivity index (χ0) is 12.1. The van der Waals surface area contributed by atoms with E-state index in [4.69, 9.17) is 5.26 Å². The molecule has 1 aromatic carbocycles. The minimum Gasteiger partial charge on any atom is -0.312 e. The van der Waals surface area contributed by atoms with Crippen molar-refractivity contribution in [1.29, 1.82) is 5.26 Å². The second-order valence-electron chi connectivity index (χ2n) is 4.57. The van der Waals surface area contributed by atoms with E-state index in [1.54, 1.807) is 6.07 Å². The first-order valence-electron chi connectivity index (χ1n) is 6.17. The van der Waals surface area contributed by atoms with Gasteiger partial charge in [0.15, 0.2) is 0 Å². The summed E-state index contributed by atoms with van der Waals surface area (Å²) < 4.78 is 13.4. The molecule has 0 bridgehead atoms. The normalized spacial score (nSPS) is 23.5. The van der Waals surface area contributed by atoms with Crippen molar-refractivity contribution in [3.8, 4) is 6.07 Å². The fourth-order valence-corrected chi connectivity index (χ4v) is 2.45. The predicted molar refractivity (Wildman–Crippen MR) is 64.8 cm³/mol. The summed E-state index contributed by atoms with van der Waals surface area (Å²) in [5.74, 6) is -0.00632. The van der Waals surface area contributed by atoms with Crippen molar-refractivity contribution in [3.63, 3.8) is 0 Å². The van der Waals surface area contributed by atoms with Crippen molar-refractivity contribution in [2.24, 2.45) is 5.92 Å². The van der Waals surface area contributed by atoms with Crippen LogP contribution in [0.3, 0.4) is 0 Å². The van der Waals surface area contributed by atoms with E-state index in [9.17, 15) is 4.39 Å². The highest BCUT2D eigenvalue weighted by Gasteiger charge is 2.26. The number of rotatable bonds is 4. The van der Waals surface area contributed by atoms with E-state index in [1.807, 2.05) is 12.1 Å². The molecular weight excluding hydrogens is 215 g/mol. The highest BCUT2D eigenvalue weighted by molar-refractivity contribution is 5.17. The van der Waals surface area contributed by atoms with Crippen LogP contribution in [0.5, 0.6) is 0 Å². The molecule has 17 heavy (non-hydrogen) atoms. The lowest BCUT2D eigenvalue weighted by atomic mass is 10.1. The van der Waals surface area contributed by atoms with Gasteiger partial charge in [-0.3, -0.25) is 0 Å². The van der Waals surface area contributed by atoms with E-state index < -0.39 is 0 Å². The largest absolute Gasteiger partial charge is 0.312 e. The zero-order valence-electron chi connectivity index (χ0n) is 9.82. The first-order chi connectivity index (χ1) is 8.31. The maximum absolute atomic E-state index is 13.4. The van der Waals surface area contributed by atoms with Gasteiger partial charge < -0.3 is 5.32 Å². The quantitative estimate of drug-likeness (QED) is 0.866. The smallest absolute Gasteiger partial charge is 0.126 e. The van der Waals surface area contributed by atoms with Crippen LogP contribution in [0.15, 0.2) is 24.3 Å². The van der Waals surface area contributed by atoms with Crippen molar-refractivity contribution in [3.05, 3.63) is 35.6 Å². The molecule has 1 aliphatic carbocycles. The average Bonchev–Trinajstić information content (AvgIpc) is 2.79. The molecule has 2 rings (SSSR count). The molecule has 1 N–H and O–H groups in total. The van der Waals surface area contributed by atoms with E-state index >= 15 is 0 Å². The van der Waals surface area contributed by atoms with E-state index in [-0.39, 0.29) is 11.7 Å². The number of hydrogen-bond acceptors (Lipinski definition) is 2. The van der Waals surface area contributed by atoms with Crippen molar-refractivity contribution in [2.75, 3.05) is 6.54 Å². The highest BCUT2D eigenvalue weighted by atomic mass is 19.1. The molecular formula is C14H17FN2. The van der Waals surface area contributed by atoms with E-state index in [1.165, 1.54) is 6.07 Å². The van der Waals surface area contributed by atoms with Crippen LogP contribution >= 0.6 is 0 Å². The molecule has 2 unspecified atom stereocenters. The summed E-state index contributed by atoms with van der Waals surface area (Å²) in [5, 5.41) is 12.3. The Kier molecular flexibility index (Phi) is 4.11. The Labute approximate surface area is 101 Å². The molecule has 1 fully saturated rings. The van der Waals surface area contributed by atoms with Gasteiger partial charge in [-0.1, -0.05) is 24.6 Å². The van der Waals surface area contributed by atoms with Crippen LogP contribution in [-0.4, -0.2) is 12.6 Å². The Morgan fingerprint density at radius 2 is 2.18 bits per heavy atom. The van der Waals surface area contributed by atoms with Gasteiger partial charge >= 0.3 is 0 Å². The third kappa shape index (κ3) is 3.04. The summed E-state index contributed by atoms with van der Waals surface area (Å²) in [6.45, 7) is 0.740. The third-order valence-electron chi connectivity index (χ3n) is 3.44. The standard InChI is InChI=1S/C14H17FN2/c15-13-6-2-1-4-11(13)8-9-17-14-7-3-5-12(14)10-16/h1-2,4,6,12,14,17H,3,5,7-9H2. The van der Waals surface area contributed by atoms with Crippen LogP contribution in [0.1, 0.15) is 24.8 Å². The fourth-order valence-electron chi connectivity index (χ4n) is 2.45. The second-order valence-corrected chi connectivity index (χ2v) is 4.57. The average molecular weight is 232 g/mol. The Balaban J connectivity index is 1.80. The number of nitrogens with one attached hydrogen (secondary N) is 1. The van der Waals surface area contributed by atoms with E-state index in [0.29, 0.717) is 12.5 Å². The van der Waals surface area contributed by atoms with Gasteiger partial charge in [-0.2, -0.15) is 5.26 Å². The van der Waals surface area contributed by atoms with Crippen LogP contribution < -0.4 is 5.32 Å². The van der Waals surface area contributed by atoms with Crippen molar-refractivity contribution < 1.29 is 4.39 Å². The van der Waals surface area contributed by atoms with Gasteiger partial charge in [0.1, 0.15) is 5.82 Å². The van der Waals surface area contributed by atoms with Crippen LogP contribution in [0.2, 0.25) is 0 Å². The molecule has 3 heteroatoms. The summed E-state index contributed by atoms with van der Waals surface area (Å²) in [7, 11) is 0. The van der Waals surface area contributed by atoms with Gasteiger partial charge in [0.25, 0.3) is 0 Å². The molecule has 1 aromatic rings. The van der Waals surface area contributed by atoms with Gasteiger partial charge in [-0.05, 0) is 37.4 Å². The zero-order valence-corrected chi connectivity index (χ0v) is 9.82. The van der Waals surface area contributed by atoms with Gasteiger partial charge in [-0.15, -0.1) is 0 Å². The molecule has 2 nitrogen and oxygen atoms in total. The van der Waals surface area contributed by atoms with Crippen LogP contribution in [0.25, 0.3) is 0 Å². The lowest BCUT2D eigenvalue weighted by Gasteiger charge is -2.15. The SMILES string of the molecule is N#CC1CCCC1NCCc1ccccc1F. The second kappa shape index (κ2) is 5.79. The first kappa shape index (κ1) is 12.1. The Hall–Kier alpha value is -1.40. The monoisotopic (exact) mass is 232 g/mol. The number of halogens is 1. The van der Waals surface area contributed by atoms with Crippen molar-refractivity contribution in [2.45, 2.75) is 31.7 Å². The molecule has 0 spiro atoms. The lowest BCUT2D eigenvalue weighted by molar-refractivity contribution is 0.466. The van der Waals surface area contributed by atoms with Gasteiger partial charge in [0.2, 0.25) is 0 Å². The minimum absolute atomic E-state index is 0.135. The Morgan fingerprint density at radius 1 is 1.35 bits per heavy atom. The Bertz CT molecular complexity index is 411. The topological polar surface area (TPSA) is 35.8 Å². The maximum Gasteiger partial charge on any atom is 0.126 e. The highest BCUT2D eigenvalue weighted by Crippen LogP contribution is 2.24. The Morgan fingerprint density at radius 3 is 2.94 bits per heavy atom. The van der Waals surface area contributed by atoms with Crippen LogP contribution in [-0.2, 0) is 6.42 Å². The van der Waals surface area contributed by atoms with Crippen LogP contribution in [0.4, 0.5) is 4.39 Å². The lowest BCUT2D eigenvalue weighted by Crippen LogP contribution is -2.33. The molecule has 2 atom stereocenters. The first-order valence-corrected chi connectivity index (χ1v) is 6.17. The molecule has 0 saturated heterocycles. The summed E-state index contributed by atoms with van der Waals surface area (Å²) in [4.78, 5) is 0. The molecule has 0 amide bonds. The van der Waals surface area contributed by atoms with Crippen molar-refractivity contribution in [1.82, 2.24) is 5.32 Å². The summed E-state index contributed by atoms with van der Waals surface area (Å²) in [5.41, 5.74) is 0.742. The van der Waals surface area contributed by atoms with Crippen LogP contribution in [0, 0.1) is 23.1 Å². The third-order valence-corrected chi connectivity index (χ3v) is 3.44. The van der Waals surface area contributed by atoms with Crippen molar-refractivity contribution >= 4 is 0 Å². The molecule has 90 valence electrons. The van der Waals surface area contributed by atoms with E-state index in [0.717, 1.165) is 31.4 Å². The predicted octanol–water partition coefficient (Wildman–Crippen LogP) is 2.65. The summed E-state index contributed by atoms with van der Waals surface area (Å²) in [6.07, 6.45) is 3.86. The molecule has 0 aliphatic heterocycles.